The molecule has 0 spiro atoms. The van der Waals surface area contributed by atoms with E-state index < -0.39 is 0 Å². The zero-order valence-electron chi connectivity index (χ0n) is 19.6. The SMILES string of the molecule is CCc1ccc(CNCCSC(C)(C)C)s1.CSCCNCc1cc2ccccc2o1. The Morgan fingerprint density at radius 2 is 1.65 bits per heavy atom. The van der Waals surface area contributed by atoms with Crippen molar-refractivity contribution in [3.63, 3.8) is 0 Å². The minimum atomic E-state index is 0.389. The average molecular weight is 479 g/mol. The van der Waals surface area contributed by atoms with E-state index in [-0.39, 0.29) is 0 Å². The maximum Gasteiger partial charge on any atom is 0.134 e. The van der Waals surface area contributed by atoms with Gasteiger partial charge in [0.05, 0.1) is 6.54 Å². The van der Waals surface area contributed by atoms with Crippen molar-refractivity contribution in [3.05, 3.63) is 58.0 Å². The van der Waals surface area contributed by atoms with Crippen LogP contribution in [0.1, 0.15) is 43.2 Å². The van der Waals surface area contributed by atoms with Crippen molar-refractivity contribution in [2.75, 3.05) is 30.9 Å². The molecule has 3 aromatic rings. The summed E-state index contributed by atoms with van der Waals surface area (Å²) in [7, 11) is 0. The van der Waals surface area contributed by atoms with E-state index in [1.807, 2.05) is 53.1 Å². The summed E-state index contributed by atoms with van der Waals surface area (Å²) >= 11 is 5.80. The third kappa shape index (κ3) is 11.0. The van der Waals surface area contributed by atoms with E-state index in [1.165, 1.54) is 20.9 Å². The molecule has 3 nitrogen and oxygen atoms in total. The molecule has 0 aliphatic rings. The van der Waals surface area contributed by atoms with Gasteiger partial charge in [0, 0.05) is 51.0 Å². The number of hydrogen-bond donors (Lipinski definition) is 2. The van der Waals surface area contributed by atoms with E-state index in [9.17, 15) is 0 Å². The average Bonchev–Trinajstić information content (AvgIpc) is 3.37. The van der Waals surface area contributed by atoms with E-state index in [1.54, 1.807) is 0 Å². The molecular weight excluding hydrogens is 440 g/mol. The maximum atomic E-state index is 5.68. The van der Waals surface area contributed by atoms with Gasteiger partial charge in [-0.15, -0.1) is 11.3 Å². The minimum absolute atomic E-state index is 0.389. The Balaban J connectivity index is 0.000000220. The Kier molecular flexibility index (Phi) is 12.1. The van der Waals surface area contributed by atoms with Crippen molar-refractivity contribution in [1.82, 2.24) is 10.6 Å². The lowest BCUT2D eigenvalue weighted by atomic mass is 10.2. The molecule has 2 aromatic heterocycles. The van der Waals surface area contributed by atoms with E-state index >= 15 is 0 Å². The Bertz CT molecular complexity index is 834. The molecule has 2 heterocycles. The van der Waals surface area contributed by atoms with Gasteiger partial charge in [0.25, 0.3) is 0 Å². The predicted octanol–water partition coefficient (Wildman–Crippen LogP) is 6.82. The first-order chi connectivity index (χ1) is 14.9. The molecule has 31 heavy (non-hydrogen) atoms. The van der Waals surface area contributed by atoms with Gasteiger partial charge in [0.2, 0.25) is 0 Å². The molecule has 6 heteroatoms. The van der Waals surface area contributed by atoms with Crippen molar-refractivity contribution < 1.29 is 4.42 Å². The standard InChI is InChI=1S/C13H23NS2.C12H15NOS/c1-5-11-6-7-12(16-11)10-14-8-9-15-13(2,3)4;1-15-7-6-13-9-11-8-10-4-2-3-5-12(10)14-11/h6-7,14H,5,8-10H2,1-4H3;2-5,8,13H,6-7,9H2,1H3. The smallest absolute Gasteiger partial charge is 0.134 e. The number of aryl methyl sites for hydroxylation is 1. The van der Waals surface area contributed by atoms with Crippen molar-refractivity contribution >= 4 is 45.8 Å². The highest BCUT2D eigenvalue weighted by atomic mass is 32.2. The molecule has 0 fully saturated rings. The van der Waals surface area contributed by atoms with Crippen molar-refractivity contribution in [2.24, 2.45) is 0 Å². The molecule has 0 bridgehead atoms. The van der Waals surface area contributed by atoms with E-state index in [0.717, 1.165) is 49.7 Å². The Hall–Kier alpha value is -0.920. The molecule has 172 valence electrons. The second-order valence-electron chi connectivity index (χ2n) is 8.28. The molecule has 1 aromatic carbocycles. The van der Waals surface area contributed by atoms with Crippen molar-refractivity contribution in [2.45, 2.75) is 52.0 Å². The quantitative estimate of drug-likeness (QED) is 0.296. The molecule has 2 N–H and O–H groups in total. The fourth-order valence-corrected chi connectivity index (χ4v) is 4.99. The van der Waals surface area contributed by atoms with Crippen LogP contribution in [0.25, 0.3) is 11.0 Å². The molecule has 0 amide bonds. The first kappa shape index (κ1) is 26.3. The molecule has 0 atom stereocenters. The fraction of sp³-hybridized carbons (Fsp3) is 0.520. The molecular formula is C25H38N2OS3. The molecule has 0 unspecified atom stereocenters. The zero-order valence-corrected chi connectivity index (χ0v) is 22.1. The summed E-state index contributed by atoms with van der Waals surface area (Å²) in [6, 6.07) is 14.7. The van der Waals surface area contributed by atoms with Crippen LogP contribution in [-0.4, -0.2) is 35.6 Å². The van der Waals surface area contributed by atoms with Gasteiger partial charge < -0.3 is 15.1 Å². The zero-order chi connectivity index (χ0) is 22.5. The summed E-state index contributed by atoms with van der Waals surface area (Å²) < 4.78 is 6.07. The third-order valence-corrected chi connectivity index (χ3v) is 7.55. The van der Waals surface area contributed by atoms with Crippen LogP contribution in [-0.2, 0) is 19.5 Å². The molecule has 0 aliphatic carbocycles. The third-order valence-electron chi connectivity index (χ3n) is 4.44. The lowest BCUT2D eigenvalue weighted by Crippen LogP contribution is -2.19. The number of rotatable bonds is 11. The molecule has 0 radical (unpaired) electrons. The normalized spacial score (nSPS) is 11.5. The number of hydrogen-bond acceptors (Lipinski definition) is 6. The highest BCUT2D eigenvalue weighted by Crippen LogP contribution is 2.22. The van der Waals surface area contributed by atoms with Crippen LogP contribution in [0.4, 0.5) is 0 Å². The maximum absolute atomic E-state index is 5.68. The first-order valence-electron chi connectivity index (χ1n) is 11.0. The van der Waals surface area contributed by atoms with Crippen LogP contribution in [0.15, 0.2) is 46.9 Å². The van der Waals surface area contributed by atoms with Gasteiger partial charge in [-0.1, -0.05) is 45.9 Å². The van der Waals surface area contributed by atoms with E-state index in [4.69, 9.17) is 4.42 Å². The molecule has 0 aliphatic heterocycles. The molecule has 0 saturated carbocycles. The summed E-state index contributed by atoms with van der Waals surface area (Å²) in [6.45, 7) is 13.0. The van der Waals surface area contributed by atoms with Gasteiger partial charge in [-0.2, -0.15) is 23.5 Å². The van der Waals surface area contributed by atoms with E-state index in [2.05, 4.69) is 68.8 Å². The molecule has 0 saturated heterocycles. The van der Waals surface area contributed by atoms with Crippen LogP contribution in [0, 0.1) is 0 Å². The first-order valence-corrected chi connectivity index (χ1v) is 14.2. The van der Waals surface area contributed by atoms with Crippen LogP contribution in [0.5, 0.6) is 0 Å². The Labute approximate surface area is 201 Å². The van der Waals surface area contributed by atoms with Crippen LogP contribution in [0.3, 0.4) is 0 Å². The Morgan fingerprint density at radius 1 is 0.935 bits per heavy atom. The van der Waals surface area contributed by atoms with Gasteiger partial charge in [-0.25, -0.2) is 0 Å². The van der Waals surface area contributed by atoms with Crippen LogP contribution in [0.2, 0.25) is 0 Å². The minimum Gasteiger partial charge on any atom is -0.460 e. The summed E-state index contributed by atoms with van der Waals surface area (Å²) in [6.07, 6.45) is 3.27. The highest BCUT2D eigenvalue weighted by Gasteiger charge is 2.09. The second kappa shape index (κ2) is 14.3. The fourth-order valence-electron chi connectivity index (χ4n) is 2.86. The highest BCUT2D eigenvalue weighted by molar-refractivity contribution is 8.00. The monoisotopic (exact) mass is 478 g/mol. The number of thiophene rings is 1. The van der Waals surface area contributed by atoms with Crippen molar-refractivity contribution in [3.8, 4) is 0 Å². The van der Waals surface area contributed by atoms with Gasteiger partial charge in [-0.05, 0) is 36.9 Å². The lowest BCUT2D eigenvalue weighted by molar-refractivity contribution is 0.521. The largest absolute Gasteiger partial charge is 0.460 e. The predicted molar refractivity (Wildman–Crippen MR) is 144 cm³/mol. The number of fused-ring (bicyclic) bond motifs is 1. The Morgan fingerprint density at radius 3 is 2.32 bits per heavy atom. The number of benzene rings is 1. The summed E-state index contributed by atoms with van der Waals surface area (Å²) in [4.78, 5) is 2.94. The van der Waals surface area contributed by atoms with Gasteiger partial charge in [0.1, 0.15) is 11.3 Å². The van der Waals surface area contributed by atoms with Gasteiger partial charge in [0.15, 0.2) is 0 Å². The lowest BCUT2D eigenvalue weighted by Gasteiger charge is -2.17. The summed E-state index contributed by atoms with van der Waals surface area (Å²) in [5, 5.41) is 8.03. The molecule has 3 rings (SSSR count). The van der Waals surface area contributed by atoms with Gasteiger partial charge in [-0.3, -0.25) is 0 Å². The number of para-hydroxylation sites is 1. The van der Waals surface area contributed by atoms with Gasteiger partial charge >= 0.3 is 0 Å². The van der Waals surface area contributed by atoms with Crippen molar-refractivity contribution in [1.29, 1.82) is 0 Å². The summed E-state index contributed by atoms with van der Waals surface area (Å²) in [5.74, 6) is 3.34. The number of nitrogens with one attached hydrogen (secondary N) is 2. The van der Waals surface area contributed by atoms with Crippen LogP contribution >= 0.6 is 34.9 Å². The topological polar surface area (TPSA) is 37.2 Å². The second-order valence-corrected chi connectivity index (χ2v) is 12.4. The number of furan rings is 1. The number of thioether (sulfide) groups is 2. The van der Waals surface area contributed by atoms with Crippen LogP contribution < -0.4 is 10.6 Å². The summed E-state index contributed by atoms with van der Waals surface area (Å²) in [5.41, 5.74) is 0.971. The van der Waals surface area contributed by atoms with E-state index in [0.29, 0.717) is 4.75 Å².